The zero-order valence-corrected chi connectivity index (χ0v) is 19.0. The van der Waals surface area contributed by atoms with Crippen molar-refractivity contribution < 1.29 is 9.47 Å². The van der Waals surface area contributed by atoms with Crippen LogP contribution in [0.25, 0.3) is 0 Å². The molecule has 2 fully saturated rings. The van der Waals surface area contributed by atoms with Crippen LogP contribution in [0, 0.1) is 11.8 Å². The molecule has 26 heavy (non-hydrogen) atoms. The van der Waals surface area contributed by atoms with Crippen LogP contribution in [0.5, 0.6) is 0 Å². The molecule has 0 amide bonds. The van der Waals surface area contributed by atoms with Crippen LogP contribution in [0.1, 0.15) is 39.0 Å². The molecule has 2 heterocycles. The highest BCUT2D eigenvalue weighted by atomic mass is 127. The van der Waals surface area contributed by atoms with Crippen LogP contribution in [0.2, 0.25) is 0 Å². The summed E-state index contributed by atoms with van der Waals surface area (Å²) in [5.74, 6) is 2.37. The number of piperidine rings is 1. The van der Waals surface area contributed by atoms with E-state index in [1.807, 2.05) is 0 Å². The van der Waals surface area contributed by atoms with E-state index in [1.165, 1.54) is 25.9 Å². The summed E-state index contributed by atoms with van der Waals surface area (Å²) in [6.07, 6.45) is 5.83. The van der Waals surface area contributed by atoms with Gasteiger partial charge in [0.2, 0.25) is 0 Å². The Morgan fingerprint density at radius 1 is 1.12 bits per heavy atom. The number of hydrogen-bond acceptors (Lipinski definition) is 4. The van der Waals surface area contributed by atoms with Gasteiger partial charge in [0, 0.05) is 46.1 Å². The van der Waals surface area contributed by atoms with E-state index in [-0.39, 0.29) is 24.0 Å². The molecule has 0 saturated carbocycles. The summed E-state index contributed by atoms with van der Waals surface area (Å²) >= 11 is 0. The van der Waals surface area contributed by atoms with E-state index in [1.54, 1.807) is 0 Å². The van der Waals surface area contributed by atoms with Gasteiger partial charge >= 0.3 is 0 Å². The average Bonchev–Trinajstić information content (AvgIpc) is 2.64. The largest absolute Gasteiger partial charge is 0.381 e. The third-order valence-corrected chi connectivity index (χ3v) is 5.14. The van der Waals surface area contributed by atoms with Gasteiger partial charge in [-0.2, -0.15) is 0 Å². The second kappa shape index (κ2) is 14.9. The first-order valence-electron chi connectivity index (χ1n) is 10.1. The van der Waals surface area contributed by atoms with Crippen LogP contribution in [0.15, 0.2) is 4.99 Å². The van der Waals surface area contributed by atoms with Gasteiger partial charge in [-0.15, -0.1) is 24.0 Å². The summed E-state index contributed by atoms with van der Waals surface area (Å²) < 4.78 is 11.2. The molecule has 0 aliphatic carbocycles. The van der Waals surface area contributed by atoms with Crippen molar-refractivity contribution in [2.75, 3.05) is 66.2 Å². The second-order valence-electron chi connectivity index (χ2n) is 7.38. The van der Waals surface area contributed by atoms with Gasteiger partial charge in [-0.05, 0) is 71.0 Å². The zero-order chi connectivity index (χ0) is 17.7. The Hall–Kier alpha value is -0.120. The van der Waals surface area contributed by atoms with E-state index in [0.717, 1.165) is 77.2 Å². The minimum Gasteiger partial charge on any atom is -0.381 e. The Balaban J connectivity index is 0.00000338. The van der Waals surface area contributed by atoms with Crippen molar-refractivity contribution in [3.63, 3.8) is 0 Å². The molecule has 0 bridgehead atoms. The Morgan fingerprint density at radius 3 is 2.54 bits per heavy atom. The molecule has 0 unspecified atom stereocenters. The number of halogens is 1. The maximum atomic E-state index is 5.82. The lowest BCUT2D eigenvalue weighted by atomic mass is 9.97. The molecule has 0 aromatic heterocycles. The lowest BCUT2D eigenvalue weighted by molar-refractivity contribution is 0.0203. The summed E-state index contributed by atoms with van der Waals surface area (Å²) in [5, 5.41) is 6.78. The minimum atomic E-state index is 0. The number of rotatable bonds is 9. The molecule has 0 aromatic carbocycles. The maximum absolute atomic E-state index is 5.82. The molecule has 0 aromatic rings. The van der Waals surface area contributed by atoms with Crippen LogP contribution < -0.4 is 10.6 Å². The molecule has 154 valence electrons. The average molecular weight is 482 g/mol. The molecule has 7 heteroatoms. The quantitative estimate of drug-likeness (QED) is 0.229. The van der Waals surface area contributed by atoms with Gasteiger partial charge < -0.3 is 25.0 Å². The first-order chi connectivity index (χ1) is 12.3. The SMILES string of the molecule is CCNC(=NCC1CCN(C)CC1)NCCCOCC1CCOCC1.I. The van der Waals surface area contributed by atoms with E-state index in [9.17, 15) is 0 Å². The third-order valence-electron chi connectivity index (χ3n) is 5.14. The predicted molar refractivity (Wildman–Crippen MR) is 119 cm³/mol. The number of likely N-dealkylation sites (tertiary alicyclic amines) is 1. The van der Waals surface area contributed by atoms with Crippen molar-refractivity contribution in [1.82, 2.24) is 15.5 Å². The molecule has 0 atom stereocenters. The number of nitrogens with one attached hydrogen (secondary N) is 2. The van der Waals surface area contributed by atoms with E-state index < -0.39 is 0 Å². The maximum Gasteiger partial charge on any atom is 0.191 e. The summed E-state index contributed by atoms with van der Waals surface area (Å²) in [6.45, 7) is 10.8. The second-order valence-corrected chi connectivity index (χ2v) is 7.38. The highest BCUT2D eigenvalue weighted by Gasteiger charge is 2.16. The monoisotopic (exact) mass is 482 g/mol. The predicted octanol–water partition coefficient (Wildman–Crippen LogP) is 2.33. The standard InChI is InChI=1S/C19H38N4O2.HI/c1-3-20-19(22-15-17-5-10-23(2)11-6-17)21-9-4-12-25-16-18-7-13-24-14-8-18;/h17-18H,3-16H2,1-2H3,(H2,20,21,22);1H. The highest BCUT2D eigenvalue weighted by molar-refractivity contribution is 14.0. The zero-order valence-electron chi connectivity index (χ0n) is 16.7. The lowest BCUT2D eigenvalue weighted by Crippen LogP contribution is -2.39. The Kier molecular flexibility index (Phi) is 13.7. The number of hydrogen-bond donors (Lipinski definition) is 2. The van der Waals surface area contributed by atoms with Gasteiger partial charge in [-0.3, -0.25) is 4.99 Å². The molecular formula is C19H39IN4O2. The molecule has 2 aliphatic rings. The summed E-state index contributed by atoms with van der Waals surface area (Å²) in [6, 6.07) is 0. The number of ether oxygens (including phenoxy) is 2. The first-order valence-corrected chi connectivity index (χ1v) is 10.1. The van der Waals surface area contributed by atoms with E-state index in [4.69, 9.17) is 14.5 Å². The minimum absolute atomic E-state index is 0. The number of guanidine groups is 1. The molecule has 2 rings (SSSR count). The van der Waals surface area contributed by atoms with Gasteiger partial charge in [-0.25, -0.2) is 0 Å². The van der Waals surface area contributed by atoms with Crippen molar-refractivity contribution in [1.29, 1.82) is 0 Å². The van der Waals surface area contributed by atoms with Crippen molar-refractivity contribution in [2.45, 2.75) is 39.0 Å². The fraction of sp³-hybridized carbons (Fsp3) is 0.947. The van der Waals surface area contributed by atoms with Crippen molar-refractivity contribution >= 4 is 29.9 Å². The molecular weight excluding hydrogens is 443 g/mol. The fourth-order valence-electron chi connectivity index (χ4n) is 3.35. The van der Waals surface area contributed by atoms with Gasteiger partial charge in [0.1, 0.15) is 0 Å². The first kappa shape index (κ1) is 23.9. The summed E-state index contributed by atoms with van der Waals surface area (Å²) in [5.41, 5.74) is 0. The lowest BCUT2D eigenvalue weighted by Gasteiger charge is -2.28. The van der Waals surface area contributed by atoms with Crippen LogP contribution in [0.3, 0.4) is 0 Å². The Labute approximate surface area is 176 Å². The topological polar surface area (TPSA) is 58.1 Å². The van der Waals surface area contributed by atoms with Crippen molar-refractivity contribution in [3.05, 3.63) is 0 Å². The highest BCUT2D eigenvalue weighted by Crippen LogP contribution is 2.16. The Morgan fingerprint density at radius 2 is 1.85 bits per heavy atom. The van der Waals surface area contributed by atoms with Crippen LogP contribution in [0.4, 0.5) is 0 Å². The Bertz CT molecular complexity index is 371. The van der Waals surface area contributed by atoms with Gasteiger partial charge in [0.15, 0.2) is 5.96 Å². The van der Waals surface area contributed by atoms with Crippen LogP contribution >= 0.6 is 24.0 Å². The number of aliphatic imine (C=N–C) groups is 1. The molecule has 2 aliphatic heterocycles. The van der Waals surface area contributed by atoms with Gasteiger partial charge in [-0.1, -0.05) is 0 Å². The van der Waals surface area contributed by atoms with Gasteiger partial charge in [0.05, 0.1) is 0 Å². The smallest absolute Gasteiger partial charge is 0.191 e. The van der Waals surface area contributed by atoms with E-state index >= 15 is 0 Å². The summed E-state index contributed by atoms with van der Waals surface area (Å²) in [4.78, 5) is 7.18. The van der Waals surface area contributed by atoms with Gasteiger partial charge in [0.25, 0.3) is 0 Å². The normalized spacial score (nSPS) is 20.6. The summed E-state index contributed by atoms with van der Waals surface area (Å²) in [7, 11) is 2.20. The van der Waals surface area contributed by atoms with E-state index in [2.05, 4.69) is 29.5 Å². The fourth-order valence-corrected chi connectivity index (χ4v) is 3.35. The van der Waals surface area contributed by atoms with Crippen molar-refractivity contribution in [3.8, 4) is 0 Å². The third kappa shape index (κ3) is 10.3. The molecule has 0 radical (unpaired) electrons. The molecule has 6 nitrogen and oxygen atoms in total. The van der Waals surface area contributed by atoms with Crippen LogP contribution in [-0.2, 0) is 9.47 Å². The molecule has 0 spiro atoms. The van der Waals surface area contributed by atoms with E-state index in [0.29, 0.717) is 5.92 Å². The number of nitrogens with zero attached hydrogens (tertiary/aromatic N) is 2. The van der Waals surface area contributed by atoms with Crippen molar-refractivity contribution in [2.24, 2.45) is 16.8 Å². The molecule has 2 saturated heterocycles. The van der Waals surface area contributed by atoms with Crippen LogP contribution in [-0.4, -0.2) is 77.1 Å². The molecule has 2 N–H and O–H groups in total.